The molecule has 116 valence electrons. The van der Waals surface area contributed by atoms with Crippen molar-refractivity contribution in [1.82, 2.24) is 10.6 Å². The molecule has 2 aromatic rings. The Hall–Kier alpha value is -2.27. The van der Waals surface area contributed by atoms with Gasteiger partial charge in [-0.15, -0.1) is 0 Å². The summed E-state index contributed by atoms with van der Waals surface area (Å²) in [4.78, 5) is 0. The quantitative estimate of drug-likeness (QED) is 0.487. The van der Waals surface area contributed by atoms with Crippen molar-refractivity contribution in [2.24, 2.45) is 0 Å². The third-order valence-electron chi connectivity index (χ3n) is 3.28. The van der Waals surface area contributed by atoms with Crippen LogP contribution in [0.2, 0.25) is 0 Å². The summed E-state index contributed by atoms with van der Waals surface area (Å²) in [6, 6.07) is 15.1. The number of benzene rings is 2. The molecule has 0 aliphatic rings. The second-order valence-electron chi connectivity index (χ2n) is 4.99. The smallest absolute Gasteiger partial charge is 0.166 e. The van der Waals surface area contributed by atoms with Crippen LogP contribution < -0.4 is 10.6 Å². The van der Waals surface area contributed by atoms with E-state index in [1.807, 2.05) is 18.2 Å². The van der Waals surface area contributed by atoms with Gasteiger partial charge in [0.2, 0.25) is 0 Å². The molecule has 0 radical (unpaired) electrons. The molecule has 0 unspecified atom stereocenters. The summed E-state index contributed by atoms with van der Waals surface area (Å²) in [6.07, 6.45) is 1.64. The molecule has 0 saturated heterocycles. The molecule has 0 bridgehead atoms. The zero-order valence-electron chi connectivity index (χ0n) is 12.2. The lowest BCUT2D eigenvalue weighted by molar-refractivity contribution is 0.403. The molecule has 0 fully saturated rings. The minimum absolute atomic E-state index is 0.0962. The lowest BCUT2D eigenvalue weighted by Crippen LogP contribution is -2.37. The van der Waals surface area contributed by atoms with Gasteiger partial charge in [-0.05, 0) is 48.3 Å². The molecular weight excluding hydrogens is 296 g/mol. The predicted octanol–water partition coefficient (Wildman–Crippen LogP) is 2.35. The van der Waals surface area contributed by atoms with E-state index in [1.54, 1.807) is 12.1 Å². The second-order valence-corrected chi connectivity index (χ2v) is 5.40. The van der Waals surface area contributed by atoms with Crippen LogP contribution >= 0.6 is 12.2 Å². The van der Waals surface area contributed by atoms with Crippen LogP contribution in [-0.4, -0.2) is 28.4 Å². The molecule has 0 heterocycles. The van der Waals surface area contributed by atoms with Crippen LogP contribution in [0.1, 0.15) is 11.1 Å². The van der Waals surface area contributed by atoms with Crippen molar-refractivity contribution in [1.29, 1.82) is 0 Å². The summed E-state index contributed by atoms with van der Waals surface area (Å²) in [5.74, 6) is -0.198. The molecule has 0 aliphatic carbocycles. The molecule has 5 heteroatoms. The highest BCUT2D eigenvalue weighted by Gasteiger charge is 2.01. The average Bonchev–Trinajstić information content (AvgIpc) is 2.52. The van der Waals surface area contributed by atoms with Crippen molar-refractivity contribution in [2.45, 2.75) is 12.8 Å². The van der Waals surface area contributed by atoms with Gasteiger partial charge in [0.05, 0.1) is 0 Å². The average molecular weight is 316 g/mol. The normalized spacial score (nSPS) is 10.2. The first-order valence-electron chi connectivity index (χ1n) is 7.21. The summed E-state index contributed by atoms with van der Waals surface area (Å²) in [5, 5.41) is 25.6. The number of hydrogen-bond donors (Lipinski definition) is 4. The number of thiocarbonyl (C=S) groups is 1. The van der Waals surface area contributed by atoms with E-state index in [1.165, 1.54) is 11.6 Å². The van der Waals surface area contributed by atoms with Crippen LogP contribution in [0.5, 0.6) is 11.5 Å². The molecule has 0 aliphatic heterocycles. The Morgan fingerprint density at radius 1 is 0.818 bits per heavy atom. The minimum atomic E-state index is -0.102. The summed E-state index contributed by atoms with van der Waals surface area (Å²) in [6.45, 7) is 1.46. The van der Waals surface area contributed by atoms with Gasteiger partial charge in [-0.2, -0.15) is 0 Å². The topological polar surface area (TPSA) is 64.5 Å². The van der Waals surface area contributed by atoms with E-state index in [9.17, 15) is 10.2 Å². The van der Waals surface area contributed by atoms with E-state index in [2.05, 4.69) is 22.8 Å². The van der Waals surface area contributed by atoms with Gasteiger partial charge in [-0.3, -0.25) is 0 Å². The zero-order chi connectivity index (χ0) is 15.8. The molecule has 22 heavy (non-hydrogen) atoms. The maximum Gasteiger partial charge on any atom is 0.166 e. The van der Waals surface area contributed by atoms with Gasteiger partial charge in [0.15, 0.2) is 16.6 Å². The highest BCUT2D eigenvalue weighted by atomic mass is 32.1. The van der Waals surface area contributed by atoms with Crippen LogP contribution in [0.3, 0.4) is 0 Å². The van der Waals surface area contributed by atoms with E-state index in [-0.39, 0.29) is 11.5 Å². The van der Waals surface area contributed by atoms with Gasteiger partial charge in [0.25, 0.3) is 0 Å². The summed E-state index contributed by atoms with van der Waals surface area (Å²) >= 11 is 5.22. The van der Waals surface area contributed by atoms with Crippen molar-refractivity contribution >= 4 is 17.3 Å². The first kappa shape index (κ1) is 16.1. The Kier molecular flexibility index (Phi) is 6.03. The molecule has 0 aromatic heterocycles. The molecule has 4 N–H and O–H groups in total. The van der Waals surface area contributed by atoms with Gasteiger partial charge in [0.1, 0.15) is 0 Å². The zero-order valence-corrected chi connectivity index (χ0v) is 13.1. The van der Waals surface area contributed by atoms with Gasteiger partial charge < -0.3 is 20.8 Å². The first-order chi connectivity index (χ1) is 10.6. The fraction of sp³-hybridized carbons (Fsp3) is 0.235. The molecule has 0 atom stereocenters. The third kappa shape index (κ3) is 5.26. The SMILES string of the molecule is Oc1ccc(CCNC(=S)NCCc2ccccc2)cc1O. The van der Waals surface area contributed by atoms with Gasteiger partial charge in [-0.25, -0.2) is 0 Å². The molecular formula is C17H20N2O2S. The highest BCUT2D eigenvalue weighted by molar-refractivity contribution is 7.80. The molecule has 2 aromatic carbocycles. The van der Waals surface area contributed by atoms with Crippen molar-refractivity contribution in [2.75, 3.05) is 13.1 Å². The lowest BCUT2D eigenvalue weighted by atomic mass is 10.1. The van der Waals surface area contributed by atoms with Crippen LogP contribution in [0, 0.1) is 0 Å². The lowest BCUT2D eigenvalue weighted by Gasteiger charge is -2.11. The van der Waals surface area contributed by atoms with Crippen molar-refractivity contribution in [3.05, 3.63) is 59.7 Å². The standard InChI is InChI=1S/C17H20N2O2S/c20-15-7-6-14(12-16(15)21)9-11-19-17(22)18-10-8-13-4-2-1-3-5-13/h1-7,12,20-21H,8-11H2,(H2,18,19,22). The van der Waals surface area contributed by atoms with Crippen LogP contribution in [0.15, 0.2) is 48.5 Å². The molecule has 0 spiro atoms. The van der Waals surface area contributed by atoms with E-state index in [0.717, 1.165) is 18.5 Å². The Morgan fingerprint density at radius 3 is 2.09 bits per heavy atom. The van der Waals surface area contributed by atoms with Crippen LogP contribution in [0.4, 0.5) is 0 Å². The highest BCUT2D eigenvalue weighted by Crippen LogP contribution is 2.24. The number of rotatable bonds is 6. The van der Waals surface area contributed by atoms with Crippen LogP contribution in [0.25, 0.3) is 0 Å². The Labute approximate surface area is 135 Å². The number of aromatic hydroxyl groups is 2. The monoisotopic (exact) mass is 316 g/mol. The van der Waals surface area contributed by atoms with Gasteiger partial charge >= 0.3 is 0 Å². The number of phenols is 2. The Bertz CT molecular complexity index is 617. The van der Waals surface area contributed by atoms with Crippen molar-refractivity contribution in [3.63, 3.8) is 0 Å². The summed E-state index contributed by atoms with van der Waals surface area (Å²) in [5.41, 5.74) is 2.22. The Morgan fingerprint density at radius 2 is 1.45 bits per heavy atom. The van der Waals surface area contributed by atoms with E-state index in [4.69, 9.17) is 12.2 Å². The van der Waals surface area contributed by atoms with Crippen molar-refractivity contribution in [3.8, 4) is 11.5 Å². The predicted molar refractivity (Wildman–Crippen MR) is 92.2 cm³/mol. The van der Waals surface area contributed by atoms with E-state index >= 15 is 0 Å². The summed E-state index contributed by atoms with van der Waals surface area (Å²) < 4.78 is 0. The summed E-state index contributed by atoms with van der Waals surface area (Å²) in [7, 11) is 0. The maximum atomic E-state index is 9.42. The first-order valence-corrected chi connectivity index (χ1v) is 7.62. The van der Waals surface area contributed by atoms with E-state index < -0.39 is 0 Å². The molecule has 0 amide bonds. The number of hydrogen-bond acceptors (Lipinski definition) is 3. The third-order valence-corrected chi connectivity index (χ3v) is 3.57. The number of phenolic OH excluding ortho intramolecular Hbond substituents is 2. The fourth-order valence-electron chi connectivity index (χ4n) is 2.07. The fourth-order valence-corrected chi connectivity index (χ4v) is 2.28. The van der Waals surface area contributed by atoms with Gasteiger partial charge in [0, 0.05) is 13.1 Å². The molecule has 2 rings (SSSR count). The minimum Gasteiger partial charge on any atom is -0.504 e. The molecule has 0 saturated carbocycles. The van der Waals surface area contributed by atoms with Gasteiger partial charge in [-0.1, -0.05) is 36.4 Å². The molecule has 4 nitrogen and oxygen atoms in total. The largest absolute Gasteiger partial charge is 0.504 e. The van der Waals surface area contributed by atoms with Crippen LogP contribution in [-0.2, 0) is 12.8 Å². The second kappa shape index (κ2) is 8.24. The van der Waals surface area contributed by atoms with E-state index in [0.29, 0.717) is 18.1 Å². The maximum absolute atomic E-state index is 9.42. The van der Waals surface area contributed by atoms with Crippen molar-refractivity contribution < 1.29 is 10.2 Å². The number of nitrogens with one attached hydrogen (secondary N) is 2. The Balaban J connectivity index is 1.64.